The Hall–Kier alpha value is -1.35. The van der Waals surface area contributed by atoms with E-state index in [1.807, 2.05) is 0 Å². The minimum atomic E-state index is 0.178. The summed E-state index contributed by atoms with van der Waals surface area (Å²) in [6, 6.07) is 9.80. The summed E-state index contributed by atoms with van der Waals surface area (Å²) in [4.78, 5) is 17.5. The molecule has 3 heterocycles. The normalized spacial score (nSPS) is 40.2. The maximum Gasteiger partial charge on any atom is 0.224 e. The van der Waals surface area contributed by atoms with E-state index in [0.717, 1.165) is 0 Å². The minimum absolute atomic E-state index is 0.178. The Bertz CT molecular complexity index is 701. The molecule has 128 valence electrons. The van der Waals surface area contributed by atoms with Gasteiger partial charge in [0.1, 0.15) is 0 Å². The summed E-state index contributed by atoms with van der Waals surface area (Å²) in [5.41, 5.74) is 3.31. The number of carbonyl (C=O) groups is 1. The van der Waals surface area contributed by atoms with Crippen molar-refractivity contribution >= 4 is 11.6 Å². The molecule has 0 unspecified atom stereocenters. The average molecular weight is 324 g/mol. The maximum absolute atomic E-state index is 12.6. The molecular formula is C21H28N2O. The van der Waals surface area contributed by atoms with Crippen molar-refractivity contribution in [2.45, 2.75) is 69.9 Å². The Labute approximate surface area is 145 Å². The monoisotopic (exact) mass is 324 g/mol. The van der Waals surface area contributed by atoms with Gasteiger partial charge in [0.15, 0.2) is 0 Å². The summed E-state index contributed by atoms with van der Waals surface area (Å²) in [6.07, 6.45) is 7.70. The number of anilines is 1. The van der Waals surface area contributed by atoms with Crippen molar-refractivity contribution in [2.24, 2.45) is 5.41 Å². The van der Waals surface area contributed by atoms with Crippen molar-refractivity contribution in [1.82, 2.24) is 4.90 Å². The first kappa shape index (κ1) is 14.9. The van der Waals surface area contributed by atoms with E-state index in [4.69, 9.17) is 0 Å². The quantitative estimate of drug-likeness (QED) is 0.786. The van der Waals surface area contributed by atoms with Crippen LogP contribution in [-0.4, -0.2) is 36.0 Å². The second-order valence-corrected chi connectivity index (χ2v) is 8.51. The van der Waals surface area contributed by atoms with E-state index in [-0.39, 0.29) is 11.3 Å². The summed E-state index contributed by atoms with van der Waals surface area (Å²) >= 11 is 0. The molecule has 0 radical (unpaired) electrons. The zero-order valence-electron chi connectivity index (χ0n) is 14.9. The SMILES string of the molecule is CC[C@]12CCCN3CC[C@@]4(c5ccccc5N(C(C)=O)[C@H]4CC1)[C@@H]32. The van der Waals surface area contributed by atoms with Gasteiger partial charge >= 0.3 is 0 Å². The number of benzene rings is 1. The molecule has 4 aliphatic rings. The van der Waals surface area contributed by atoms with Crippen molar-refractivity contribution < 1.29 is 4.79 Å². The van der Waals surface area contributed by atoms with Crippen LogP contribution in [-0.2, 0) is 10.2 Å². The van der Waals surface area contributed by atoms with Crippen LogP contribution < -0.4 is 4.90 Å². The molecule has 5 rings (SSSR count). The molecule has 3 nitrogen and oxygen atoms in total. The molecule has 1 amide bonds. The Kier molecular flexibility index (Phi) is 3.02. The van der Waals surface area contributed by atoms with Crippen LogP contribution in [0.5, 0.6) is 0 Å². The third kappa shape index (κ3) is 1.55. The molecule has 24 heavy (non-hydrogen) atoms. The second kappa shape index (κ2) is 4.85. The topological polar surface area (TPSA) is 23.6 Å². The summed E-state index contributed by atoms with van der Waals surface area (Å²) in [7, 11) is 0. The van der Waals surface area contributed by atoms with Crippen LogP contribution in [0.3, 0.4) is 0 Å². The van der Waals surface area contributed by atoms with E-state index in [1.165, 1.54) is 62.9 Å². The molecule has 3 fully saturated rings. The van der Waals surface area contributed by atoms with Crippen LogP contribution in [0.1, 0.15) is 57.9 Å². The Morgan fingerprint density at radius 3 is 2.83 bits per heavy atom. The Balaban J connectivity index is 1.75. The second-order valence-electron chi connectivity index (χ2n) is 8.51. The Morgan fingerprint density at radius 1 is 1.21 bits per heavy atom. The van der Waals surface area contributed by atoms with Crippen molar-refractivity contribution in [3.05, 3.63) is 29.8 Å². The highest BCUT2D eigenvalue weighted by Crippen LogP contribution is 2.65. The van der Waals surface area contributed by atoms with Gasteiger partial charge in [0.25, 0.3) is 0 Å². The van der Waals surface area contributed by atoms with Gasteiger partial charge in [0.05, 0.1) is 0 Å². The number of nitrogens with zero attached hydrogens (tertiary/aromatic N) is 2. The minimum Gasteiger partial charge on any atom is -0.308 e. The van der Waals surface area contributed by atoms with E-state index in [9.17, 15) is 4.79 Å². The van der Waals surface area contributed by atoms with Crippen LogP contribution in [0.15, 0.2) is 24.3 Å². The number of fused-ring (bicyclic) bond motifs is 1. The lowest BCUT2D eigenvalue weighted by atomic mass is 9.52. The highest BCUT2D eigenvalue weighted by atomic mass is 16.2. The summed E-state index contributed by atoms with van der Waals surface area (Å²) in [5.74, 6) is 0.225. The predicted molar refractivity (Wildman–Crippen MR) is 96.2 cm³/mol. The molecule has 3 aliphatic heterocycles. The molecule has 2 saturated heterocycles. The molecule has 0 bridgehead atoms. The van der Waals surface area contributed by atoms with Gasteiger partial charge in [0.2, 0.25) is 5.91 Å². The highest BCUT2D eigenvalue weighted by molar-refractivity contribution is 5.96. The van der Waals surface area contributed by atoms with E-state index < -0.39 is 0 Å². The fraction of sp³-hybridized carbons (Fsp3) is 0.667. The molecule has 1 saturated carbocycles. The van der Waals surface area contributed by atoms with Gasteiger partial charge in [-0.05, 0) is 68.7 Å². The summed E-state index contributed by atoms with van der Waals surface area (Å²) in [6.45, 7) is 6.62. The van der Waals surface area contributed by atoms with Crippen LogP contribution in [0.2, 0.25) is 0 Å². The molecule has 1 aliphatic carbocycles. The van der Waals surface area contributed by atoms with Gasteiger partial charge in [-0.3, -0.25) is 9.69 Å². The number of hydrogen-bond acceptors (Lipinski definition) is 2. The van der Waals surface area contributed by atoms with Gasteiger partial charge in [-0.15, -0.1) is 0 Å². The lowest BCUT2D eigenvalue weighted by Crippen LogP contribution is -2.65. The zero-order chi connectivity index (χ0) is 16.5. The van der Waals surface area contributed by atoms with Crippen LogP contribution in [0, 0.1) is 5.41 Å². The predicted octanol–water partition coefficient (Wildman–Crippen LogP) is 3.72. The van der Waals surface area contributed by atoms with Gasteiger partial charge < -0.3 is 4.90 Å². The molecule has 1 aromatic rings. The van der Waals surface area contributed by atoms with Crippen molar-refractivity contribution in [3.8, 4) is 0 Å². The van der Waals surface area contributed by atoms with Gasteiger partial charge in [0, 0.05) is 30.1 Å². The average Bonchev–Trinajstić information content (AvgIpc) is 3.13. The van der Waals surface area contributed by atoms with E-state index in [0.29, 0.717) is 17.5 Å². The largest absolute Gasteiger partial charge is 0.308 e. The lowest BCUT2D eigenvalue weighted by molar-refractivity contribution is -0.118. The van der Waals surface area contributed by atoms with Crippen molar-refractivity contribution in [3.63, 3.8) is 0 Å². The third-order valence-corrected chi connectivity index (χ3v) is 7.90. The van der Waals surface area contributed by atoms with Crippen molar-refractivity contribution in [1.29, 1.82) is 0 Å². The smallest absolute Gasteiger partial charge is 0.224 e. The van der Waals surface area contributed by atoms with Crippen LogP contribution >= 0.6 is 0 Å². The van der Waals surface area contributed by atoms with Crippen molar-refractivity contribution in [2.75, 3.05) is 18.0 Å². The number of rotatable bonds is 1. The fourth-order valence-corrected chi connectivity index (χ4v) is 7.16. The first-order chi connectivity index (χ1) is 11.6. The van der Waals surface area contributed by atoms with E-state index in [1.54, 1.807) is 6.92 Å². The van der Waals surface area contributed by atoms with Crippen LogP contribution in [0.4, 0.5) is 5.69 Å². The van der Waals surface area contributed by atoms with Gasteiger partial charge in [-0.1, -0.05) is 25.1 Å². The van der Waals surface area contributed by atoms with Crippen LogP contribution in [0.25, 0.3) is 0 Å². The molecular weight excluding hydrogens is 296 g/mol. The summed E-state index contributed by atoms with van der Waals surface area (Å²) < 4.78 is 0. The lowest BCUT2D eigenvalue weighted by Gasteiger charge is -2.58. The first-order valence-corrected chi connectivity index (χ1v) is 9.77. The van der Waals surface area contributed by atoms with Gasteiger partial charge in [-0.2, -0.15) is 0 Å². The number of para-hydroxylation sites is 1. The fourth-order valence-electron chi connectivity index (χ4n) is 7.16. The first-order valence-electron chi connectivity index (χ1n) is 9.77. The molecule has 3 heteroatoms. The molecule has 1 spiro atoms. The Morgan fingerprint density at radius 2 is 2.04 bits per heavy atom. The molecule has 0 aromatic heterocycles. The number of hydrogen-bond donors (Lipinski definition) is 0. The van der Waals surface area contributed by atoms with Gasteiger partial charge in [-0.25, -0.2) is 0 Å². The molecule has 1 aromatic carbocycles. The van der Waals surface area contributed by atoms with E-state index in [2.05, 4.69) is 41.0 Å². The van der Waals surface area contributed by atoms with E-state index >= 15 is 0 Å². The standard InChI is InChI=1S/C21H28N2O/c1-3-20-10-6-13-22-14-12-21(19(20)22)16-7-4-5-8-17(16)23(15(2)24)18(21)9-11-20/h4-5,7-8,18-19H,3,6,9-14H2,1-2H3/t18-,19-,20-,21-/m0/s1. The number of piperidine rings is 1. The molecule has 0 N–H and O–H groups in total. The maximum atomic E-state index is 12.6. The third-order valence-electron chi connectivity index (χ3n) is 7.90. The molecule has 4 atom stereocenters. The number of carbonyl (C=O) groups excluding carboxylic acids is 1. The zero-order valence-corrected chi connectivity index (χ0v) is 14.9. The number of amides is 1. The highest BCUT2D eigenvalue weighted by Gasteiger charge is 2.68. The summed E-state index contributed by atoms with van der Waals surface area (Å²) in [5, 5.41) is 0.